The number of carbonyl (C=O) groups is 1. The number of nitrogens with one attached hydrogen (secondary N) is 1. The van der Waals surface area contributed by atoms with Crippen molar-refractivity contribution in [2.24, 2.45) is 0 Å². The molecule has 0 fully saturated rings. The van der Waals surface area contributed by atoms with E-state index in [0.29, 0.717) is 10.4 Å². The summed E-state index contributed by atoms with van der Waals surface area (Å²) in [5, 5.41) is 14.9. The Morgan fingerprint density at radius 2 is 1.89 bits per heavy atom. The van der Waals surface area contributed by atoms with Crippen molar-refractivity contribution >= 4 is 50.2 Å². The number of carbonyl (C=O) groups excluding carboxylic acids is 1. The maximum atomic E-state index is 12.7. The van der Waals surface area contributed by atoms with Crippen LogP contribution in [0, 0.1) is 24.0 Å². The van der Waals surface area contributed by atoms with Gasteiger partial charge in [0.15, 0.2) is 0 Å². The minimum absolute atomic E-state index is 0.103. The third kappa shape index (κ3) is 3.39. The molecule has 0 saturated heterocycles. The normalized spacial score (nSPS) is 10.9. The number of nitro groups is 1. The molecule has 2 aromatic heterocycles. The topological polar surface area (TPSA) is 85.1 Å². The highest BCUT2D eigenvalue weighted by atomic mass is 32.1. The van der Waals surface area contributed by atoms with Gasteiger partial charge in [0.25, 0.3) is 11.6 Å². The molecule has 0 bridgehead atoms. The fourth-order valence-corrected chi connectivity index (χ4v) is 4.90. The van der Waals surface area contributed by atoms with Crippen molar-refractivity contribution in [3.63, 3.8) is 0 Å². The van der Waals surface area contributed by atoms with E-state index >= 15 is 0 Å². The number of rotatable bonds is 4. The molecule has 8 heteroatoms. The summed E-state index contributed by atoms with van der Waals surface area (Å²) in [6, 6.07) is 14.7. The summed E-state index contributed by atoms with van der Waals surface area (Å²) in [6.07, 6.45) is 0. The second-order valence-corrected chi connectivity index (χ2v) is 8.45. The molecular formula is C20H15N3O3S2. The van der Waals surface area contributed by atoms with Crippen molar-refractivity contribution in [2.75, 3.05) is 5.32 Å². The van der Waals surface area contributed by atoms with E-state index in [2.05, 4.69) is 10.3 Å². The molecule has 2 heterocycles. The largest absolute Gasteiger partial charge is 0.315 e. The molecule has 4 rings (SSSR count). The molecule has 6 nitrogen and oxygen atoms in total. The average molecular weight is 409 g/mol. The third-order valence-corrected chi connectivity index (χ3v) is 6.52. The number of benzene rings is 2. The van der Waals surface area contributed by atoms with Gasteiger partial charge in [-0.15, -0.1) is 22.7 Å². The van der Waals surface area contributed by atoms with E-state index in [1.807, 2.05) is 36.4 Å². The first kappa shape index (κ1) is 18.3. The van der Waals surface area contributed by atoms with Crippen molar-refractivity contribution in [1.29, 1.82) is 0 Å². The Bertz CT molecular complexity index is 1190. The Hall–Kier alpha value is -3.10. The second kappa shape index (κ2) is 7.14. The Morgan fingerprint density at radius 3 is 2.64 bits per heavy atom. The van der Waals surface area contributed by atoms with Crippen molar-refractivity contribution in [1.82, 2.24) is 4.98 Å². The molecule has 1 amide bonds. The summed E-state index contributed by atoms with van der Waals surface area (Å²) in [4.78, 5) is 29.6. The average Bonchev–Trinajstić information content (AvgIpc) is 3.29. The van der Waals surface area contributed by atoms with Crippen LogP contribution < -0.4 is 5.32 Å². The summed E-state index contributed by atoms with van der Waals surface area (Å²) in [6.45, 7) is 3.53. The molecule has 0 radical (unpaired) electrons. The van der Waals surface area contributed by atoms with Gasteiger partial charge < -0.3 is 5.32 Å². The van der Waals surface area contributed by atoms with Crippen LogP contribution in [0.5, 0.6) is 0 Å². The van der Waals surface area contributed by atoms with E-state index < -0.39 is 4.92 Å². The minimum Gasteiger partial charge on any atom is -0.315 e. The number of aromatic nitrogens is 1. The fourth-order valence-electron chi connectivity index (χ4n) is 2.98. The molecule has 0 atom stereocenters. The molecule has 0 unspecified atom stereocenters. The Kier molecular flexibility index (Phi) is 4.66. The van der Waals surface area contributed by atoms with E-state index in [9.17, 15) is 14.9 Å². The summed E-state index contributed by atoms with van der Waals surface area (Å²) in [5.74, 6) is -0.368. The van der Waals surface area contributed by atoms with Crippen LogP contribution in [0.4, 0.5) is 11.4 Å². The maximum Gasteiger partial charge on any atom is 0.293 e. The van der Waals surface area contributed by atoms with Crippen LogP contribution in [0.2, 0.25) is 0 Å². The van der Waals surface area contributed by atoms with E-state index in [1.165, 1.54) is 17.4 Å². The molecule has 0 aliphatic rings. The Morgan fingerprint density at radius 1 is 1.11 bits per heavy atom. The van der Waals surface area contributed by atoms with Crippen molar-refractivity contribution in [2.45, 2.75) is 13.8 Å². The van der Waals surface area contributed by atoms with Crippen molar-refractivity contribution in [3.8, 4) is 9.88 Å². The van der Waals surface area contributed by atoms with E-state index in [1.54, 1.807) is 31.3 Å². The van der Waals surface area contributed by atoms with Gasteiger partial charge in [0.2, 0.25) is 0 Å². The molecule has 28 heavy (non-hydrogen) atoms. The number of thiazole rings is 1. The van der Waals surface area contributed by atoms with Crippen LogP contribution in [0.3, 0.4) is 0 Å². The predicted octanol–water partition coefficient (Wildman–Crippen LogP) is 5.80. The van der Waals surface area contributed by atoms with E-state index in [-0.39, 0.29) is 17.3 Å². The molecular weight excluding hydrogens is 394 g/mol. The monoisotopic (exact) mass is 409 g/mol. The lowest BCUT2D eigenvalue weighted by Gasteiger charge is -2.09. The van der Waals surface area contributed by atoms with Crippen LogP contribution in [0.15, 0.2) is 48.5 Å². The van der Waals surface area contributed by atoms with Crippen LogP contribution in [-0.2, 0) is 0 Å². The standard InChI is InChI=1S/C20H15N3O3S2/c1-11-9-12(2)18(14(10-11)23(25)26)22-19(24)16-7-8-17(27-16)20-21-13-5-3-4-6-15(13)28-20/h3-10H,1-2H3,(H,22,24). The molecule has 1 N–H and O–H groups in total. The molecule has 0 aliphatic heterocycles. The van der Waals surface area contributed by atoms with Crippen molar-refractivity contribution in [3.05, 3.63) is 74.6 Å². The first-order chi connectivity index (χ1) is 13.4. The SMILES string of the molecule is Cc1cc(C)c(NC(=O)c2ccc(-c3nc4ccccc4s3)s2)c([N+](=O)[O-])c1. The number of para-hydroxylation sites is 1. The van der Waals surface area contributed by atoms with Gasteiger partial charge >= 0.3 is 0 Å². The number of anilines is 1. The first-order valence-corrected chi connectivity index (χ1v) is 10.1. The molecule has 2 aromatic carbocycles. The number of nitro benzene ring substituents is 1. The number of nitrogens with zero attached hydrogens (tertiary/aromatic N) is 2. The van der Waals surface area contributed by atoms with Crippen LogP contribution in [0.25, 0.3) is 20.1 Å². The van der Waals surface area contributed by atoms with Gasteiger partial charge in [-0.05, 0) is 49.2 Å². The summed E-state index contributed by atoms with van der Waals surface area (Å²) in [7, 11) is 0. The highest BCUT2D eigenvalue weighted by molar-refractivity contribution is 7.26. The van der Waals surface area contributed by atoms with Crippen LogP contribution in [0.1, 0.15) is 20.8 Å². The number of amides is 1. The highest BCUT2D eigenvalue weighted by Crippen LogP contribution is 2.35. The molecule has 140 valence electrons. The summed E-state index contributed by atoms with van der Waals surface area (Å²) < 4.78 is 1.09. The Labute approximate surface area is 168 Å². The van der Waals surface area contributed by atoms with E-state index in [0.717, 1.165) is 25.7 Å². The maximum absolute atomic E-state index is 12.7. The van der Waals surface area contributed by atoms with E-state index in [4.69, 9.17) is 0 Å². The Balaban J connectivity index is 1.63. The number of hydrogen-bond donors (Lipinski definition) is 1. The van der Waals surface area contributed by atoms with Gasteiger partial charge in [-0.3, -0.25) is 14.9 Å². The molecule has 0 spiro atoms. The van der Waals surface area contributed by atoms with Gasteiger partial charge in [0.05, 0.1) is 24.9 Å². The van der Waals surface area contributed by atoms with Gasteiger partial charge in [-0.25, -0.2) is 4.98 Å². The molecule has 4 aromatic rings. The zero-order valence-electron chi connectivity index (χ0n) is 15.1. The van der Waals surface area contributed by atoms with Crippen LogP contribution in [-0.4, -0.2) is 15.8 Å². The predicted molar refractivity (Wildman–Crippen MR) is 113 cm³/mol. The first-order valence-electron chi connectivity index (χ1n) is 8.45. The minimum atomic E-state index is -0.476. The van der Waals surface area contributed by atoms with Gasteiger partial charge in [-0.1, -0.05) is 18.2 Å². The lowest BCUT2D eigenvalue weighted by atomic mass is 10.1. The molecule has 0 aliphatic carbocycles. The van der Waals surface area contributed by atoms with Crippen molar-refractivity contribution < 1.29 is 9.72 Å². The zero-order valence-corrected chi connectivity index (χ0v) is 16.7. The van der Waals surface area contributed by atoms with Gasteiger partial charge in [0, 0.05) is 6.07 Å². The lowest BCUT2D eigenvalue weighted by molar-refractivity contribution is -0.384. The summed E-state index contributed by atoms with van der Waals surface area (Å²) in [5.41, 5.74) is 2.48. The smallest absolute Gasteiger partial charge is 0.293 e. The highest BCUT2D eigenvalue weighted by Gasteiger charge is 2.21. The summed E-state index contributed by atoms with van der Waals surface area (Å²) >= 11 is 2.89. The fraction of sp³-hybridized carbons (Fsp3) is 0.100. The quantitative estimate of drug-likeness (QED) is 0.341. The van der Waals surface area contributed by atoms with Gasteiger partial charge in [-0.2, -0.15) is 0 Å². The van der Waals surface area contributed by atoms with Gasteiger partial charge in [0.1, 0.15) is 10.7 Å². The lowest BCUT2D eigenvalue weighted by Crippen LogP contribution is -2.13. The second-order valence-electron chi connectivity index (χ2n) is 6.34. The number of aryl methyl sites for hydroxylation is 2. The third-order valence-electron chi connectivity index (χ3n) is 4.23. The number of hydrogen-bond acceptors (Lipinski definition) is 6. The number of thiophene rings is 1. The number of fused-ring (bicyclic) bond motifs is 1. The molecule has 0 saturated carbocycles. The van der Waals surface area contributed by atoms with Crippen LogP contribution >= 0.6 is 22.7 Å². The zero-order chi connectivity index (χ0) is 19.8.